The molecule has 31 heavy (non-hydrogen) atoms. The van der Waals surface area contributed by atoms with Crippen molar-refractivity contribution in [1.82, 2.24) is 5.32 Å². The van der Waals surface area contributed by atoms with Crippen LogP contribution in [0.25, 0.3) is 0 Å². The van der Waals surface area contributed by atoms with E-state index >= 15 is 0 Å². The fourth-order valence-corrected chi connectivity index (χ4v) is 4.39. The minimum atomic E-state index is -4.31. The highest BCUT2D eigenvalue weighted by molar-refractivity contribution is 14.1. The molecule has 3 unspecified atom stereocenters. The van der Waals surface area contributed by atoms with Gasteiger partial charge in [0.2, 0.25) is 0 Å². The summed E-state index contributed by atoms with van der Waals surface area (Å²) in [4.78, 5) is 24.3. The summed E-state index contributed by atoms with van der Waals surface area (Å²) in [5, 5.41) is 2.60. The molecule has 0 fully saturated rings. The third-order valence-corrected chi connectivity index (χ3v) is 7.97. The van der Waals surface area contributed by atoms with Crippen LogP contribution < -0.4 is 5.32 Å². The Morgan fingerprint density at radius 2 is 2.03 bits per heavy atom. The Kier molecular flexibility index (Phi) is 9.41. The largest absolute Gasteiger partial charge is 0.485 e. The van der Waals surface area contributed by atoms with Gasteiger partial charge >= 0.3 is 12.1 Å². The molecule has 1 aromatic heterocycles. The normalized spacial score (nSPS) is 19.8. The maximum Gasteiger partial charge on any atom is 0.389 e. The van der Waals surface area contributed by atoms with Crippen LogP contribution in [0.3, 0.4) is 0 Å². The molecule has 0 aliphatic heterocycles. The molecule has 10 heteroatoms. The first-order valence-corrected chi connectivity index (χ1v) is 11.8. The molecule has 1 heterocycles. The Morgan fingerprint density at radius 1 is 1.32 bits per heavy atom. The van der Waals surface area contributed by atoms with Crippen LogP contribution >= 0.6 is 33.9 Å². The number of alkyl halides is 4. The lowest BCUT2D eigenvalue weighted by molar-refractivity contribution is -0.141. The molecule has 1 aliphatic rings. The summed E-state index contributed by atoms with van der Waals surface area (Å²) in [5.74, 6) is -0.102. The van der Waals surface area contributed by atoms with E-state index in [1.807, 2.05) is 26.0 Å². The number of ether oxygens (including phenoxy) is 2. The minimum absolute atomic E-state index is 0.0353. The molecule has 0 spiro atoms. The van der Waals surface area contributed by atoms with E-state index in [0.717, 1.165) is 16.9 Å². The van der Waals surface area contributed by atoms with E-state index in [1.165, 1.54) is 7.11 Å². The van der Waals surface area contributed by atoms with Crippen molar-refractivity contribution in [3.8, 4) is 0 Å². The monoisotopic (exact) mass is 571 g/mol. The molecule has 1 aromatic rings. The van der Waals surface area contributed by atoms with Crippen molar-refractivity contribution >= 4 is 45.8 Å². The van der Waals surface area contributed by atoms with Crippen molar-refractivity contribution in [1.29, 1.82) is 0 Å². The van der Waals surface area contributed by atoms with Gasteiger partial charge in [-0.05, 0) is 43.5 Å². The number of carbonyl (C=O) groups is 2. The van der Waals surface area contributed by atoms with Gasteiger partial charge in [0, 0.05) is 21.8 Å². The maximum absolute atomic E-state index is 12.9. The van der Waals surface area contributed by atoms with E-state index in [4.69, 9.17) is 4.74 Å². The molecular formula is C21H25F3INO4S. The van der Waals surface area contributed by atoms with Gasteiger partial charge in [0.1, 0.15) is 11.9 Å². The standard InChI is InChI=1S/C21H25F3INO4S/c1-12-10-14(11-13(2)19(12)25)30-15(6-8-21(22,23)24)16-4-5-17(31-16)20(28)26-9-7-18(27)29-3/h4-5,10-12,15,19H,6-9H2,1-3H3,(H,26,28). The van der Waals surface area contributed by atoms with E-state index in [-0.39, 0.29) is 25.3 Å². The smallest absolute Gasteiger partial charge is 0.389 e. The number of rotatable bonds is 9. The van der Waals surface area contributed by atoms with Gasteiger partial charge in [-0.3, -0.25) is 9.59 Å². The number of nitrogens with one attached hydrogen (secondary N) is 1. The van der Waals surface area contributed by atoms with E-state index < -0.39 is 30.6 Å². The van der Waals surface area contributed by atoms with Gasteiger partial charge in [0.05, 0.1) is 18.4 Å². The minimum Gasteiger partial charge on any atom is -0.485 e. The number of hydrogen-bond donors (Lipinski definition) is 1. The van der Waals surface area contributed by atoms with E-state index in [9.17, 15) is 22.8 Å². The molecule has 5 nitrogen and oxygen atoms in total. The highest BCUT2D eigenvalue weighted by Gasteiger charge is 2.31. The summed E-state index contributed by atoms with van der Waals surface area (Å²) >= 11 is 3.42. The van der Waals surface area contributed by atoms with Crippen LogP contribution in [-0.2, 0) is 14.3 Å². The number of allylic oxidation sites excluding steroid dienone is 3. The topological polar surface area (TPSA) is 64.6 Å². The molecule has 0 saturated carbocycles. The number of esters is 1. The van der Waals surface area contributed by atoms with E-state index in [0.29, 0.717) is 19.4 Å². The highest BCUT2D eigenvalue weighted by Crippen LogP contribution is 2.37. The second-order valence-corrected chi connectivity index (χ2v) is 9.72. The Morgan fingerprint density at radius 3 is 2.65 bits per heavy atom. The second kappa shape index (κ2) is 11.3. The summed E-state index contributed by atoms with van der Waals surface area (Å²) in [7, 11) is 1.26. The third kappa shape index (κ3) is 8.13. The lowest BCUT2D eigenvalue weighted by Gasteiger charge is -2.26. The zero-order chi connectivity index (χ0) is 23.2. The van der Waals surface area contributed by atoms with Crippen LogP contribution in [0.15, 0.2) is 35.6 Å². The highest BCUT2D eigenvalue weighted by atomic mass is 127. The SMILES string of the molecule is COC(=O)CCNC(=O)c1ccc(C(CCC(F)(F)F)OC2=CC(C)C(I)C(C)=C2)s1. The average molecular weight is 571 g/mol. The number of hydrogen-bond acceptors (Lipinski definition) is 5. The van der Waals surface area contributed by atoms with Crippen molar-refractivity contribution in [3.63, 3.8) is 0 Å². The van der Waals surface area contributed by atoms with Crippen LogP contribution in [0.4, 0.5) is 13.2 Å². The number of methoxy groups -OCH3 is 1. The zero-order valence-electron chi connectivity index (χ0n) is 17.4. The molecule has 1 amide bonds. The van der Waals surface area contributed by atoms with Gasteiger partial charge in [0.25, 0.3) is 5.91 Å². The number of halogens is 4. The van der Waals surface area contributed by atoms with Gasteiger partial charge < -0.3 is 14.8 Å². The van der Waals surface area contributed by atoms with Crippen LogP contribution in [0, 0.1) is 5.92 Å². The predicted octanol–water partition coefficient (Wildman–Crippen LogP) is 5.72. The first kappa shape index (κ1) is 25.7. The van der Waals surface area contributed by atoms with Crippen LogP contribution in [0.2, 0.25) is 0 Å². The van der Waals surface area contributed by atoms with Crippen LogP contribution in [0.1, 0.15) is 53.8 Å². The Labute approximate surface area is 197 Å². The molecule has 0 aromatic carbocycles. The molecule has 0 bridgehead atoms. The quantitative estimate of drug-likeness (QED) is 0.234. The molecule has 2 rings (SSSR count). The molecule has 0 radical (unpaired) electrons. The zero-order valence-corrected chi connectivity index (χ0v) is 20.4. The average Bonchev–Trinajstić information content (AvgIpc) is 3.18. The van der Waals surface area contributed by atoms with E-state index in [2.05, 4.69) is 32.6 Å². The third-order valence-electron chi connectivity index (χ3n) is 4.67. The van der Waals surface area contributed by atoms with Crippen molar-refractivity contribution < 1.29 is 32.2 Å². The van der Waals surface area contributed by atoms with Gasteiger partial charge in [0.15, 0.2) is 0 Å². The number of carbonyl (C=O) groups excluding carboxylic acids is 2. The summed E-state index contributed by atoms with van der Waals surface area (Å²) in [6, 6.07) is 3.17. The molecule has 1 aliphatic carbocycles. The molecule has 172 valence electrons. The van der Waals surface area contributed by atoms with Gasteiger partial charge in [-0.2, -0.15) is 13.2 Å². The Balaban J connectivity index is 2.13. The van der Waals surface area contributed by atoms with Crippen molar-refractivity contribution in [2.45, 2.75) is 49.3 Å². The Hall–Kier alpha value is -1.56. The summed E-state index contributed by atoms with van der Waals surface area (Å²) in [6.07, 6.45) is -2.56. The van der Waals surface area contributed by atoms with Gasteiger partial charge in [-0.1, -0.05) is 35.1 Å². The molecular weight excluding hydrogens is 546 g/mol. The van der Waals surface area contributed by atoms with Gasteiger partial charge in [-0.25, -0.2) is 0 Å². The van der Waals surface area contributed by atoms with Crippen molar-refractivity contribution in [3.05, 3.63) is 45.4 Å². The lowest BCUT2D eigenvalue weighted by atomic mass is 9.96. The first-order valence-electron chi connectivity index (χ1n) is 9.72. The summed E-state index contributed by atoms with van der Waals surface area (Å²) in [5.41, 5.74) is 1.09. The predicted molar refractivity (Wildman–Crippen MR) is 121 cm³/mol. The Bertz CT molecular complexity index is 850. The maximum atomic E-state index is 12.9. The van der Waals surface area contributed by atoms with Crippen molar-refractivity contribution in [2.24, 2.45) is 5.92 Å². The fourth-order valence-electron chi connectivity index (χ4n) is 3.02. The van der Waals surface area contributed by atoms with E-state index in [1.54, 1.807) is 12.1 Å². The fraction of sp³-hybridized carbons (Fsp3) is 0.524. The molecule has 3 atom stereocenters. The summed E-state index contributed by atoms with van der Waals surface area (Å²) < 4.78 is 49.4. The molecule has 1 N–H and O–H groups in total. The van der Waals surface area contributed by atoms with Crippen LogP contribution in [-0.4, -0.2) is 35.6 Å². The second-order valence-electron chi connectivity index (χ2n) is 7.26. The number of thiophene rings is 1. The van der Waals surface area contributed by atoms with Crippen LogP contribution in [0.5, 0.6) is 0 Å². The summed E-state index contributed by atoms with van der Waals surface area (Å²) in [6.45, 7) is 4.11. The van der Waals surface area contributed by atoms with Crippen molar-refractivity contribution in [2.75, 3.05) is 13.7 Å². The first-order chi connectivity index (χ1) is 14.5. The number of amides is 1. The van der Waals surface area contributed by atoms with Gasteiger partial charge in [-0.15, -0.1) is 11.3 Å². The lowest BCUT2D eigenvalue weighted by Crippen LogP contribution is -2.25. The molecule has 0 saturated heterocycles.